The van der Waals surface area contributed by atoms with Crippen LogP contribution in [0, 0.1) is 5.92 Å². The largest absolute Gasteiger partial charge is 0.481 e. The van der Waals surface area contributed by atoms with Crippen LogP contribution in [0.5, 0.6) is 0 Å². The zero-order chi connectivity index (χ0) is 12.7. The number of hydrogen-bond donors (Lipinski definition) is 1. The summed E-state index contributed by atoms with van der Waals surface area (Å²) in [6.07, 6.45) is 2.83. The van der Waals surface area contributed by atoms with Gasteiger partial charge in [0.05, 0.1) is 0 Å². The summed E-state index contributed by atoms with van der Waals surface area (Å²) in [7, 11) is 1.70. The highest BCUT2D eigenvalue weighted by Gasteiger charge is 2.22. The molecule has 1 heterocycles. The molecule has 0 bridgehead atoms. The van der Waals surface area contributed by atoms with E-state index < -0.39 is 5.97 Å². The number of amides is 1. The van der Waals surface area contributed by atoms with Crippen molar-refractivity contribution in [3.05, 3.63) is 0 Å². The molecule has 0 radical (unpaired) electrons. The minimum absolute atomic E-state index is 0.0753. The lowest BCUT2D eigenvalue weighted by molar-refractivity contribution is -0.137. The third-order valence-corrected chi connectivity index (χ3v) is 3.15. The zero-order valence-electron chi connectivity index (χ0n) is 10.4. The van der Waals surface area contributed by atoms with Crippen LogP contribution >= 0.6 is 0 Å². The van der Waals surface area contributed by atoms with Gasteiger partial charge in [-0.15, -0.1) is 0 Å². The van der Waals surface area contributed by atoms with E-state index in [-0.39, 0.29) is 12.3 Å². The van der Waals surface area contributed by atoms with Gasteiger partial charge in [0.25, 0.3) is 0 Å². The first-order chi connectivity index (χ1) is 8.13. The average Bonchev–Trinajstić information content (AvgIpc) is 2.30. The van der Waals surface area contributed by atoms with Gasteiger partial charge in [-0.2, -0.15) is 0 Å². The molecule has 0 aromatic carbocycles. The number of piperidine rings is 1. The quantitative estimate of drug-likeness (QED) is 0.759. The maximum atomic E-state index is 11.7. The van der Waals surface area contributed by atoms with Crippen LogP contribution in [0.25, 0.3) is 0 Å². The minimum atomic E-state index is -0.836. The van der Waals surface area contributed by atoms with Crippen LogP contribution in [-0.2, 0) is 14.3 Å². The van der Waals surface area contributed by atoms with Crippen molar-refractivity contribution in [2.75, 3.05) is 26.8 Å². The standard InChI is InChI=1S/C12H21NO4/c1-17-9-10-5-7-13(8-6-10)11(14)3-2-4-12(15)16/h10H,2-9H2,1H3,(H,15,16). The predicted octanol–water partition coefficient (Wildman–Crippen LogP) is 1.13. The molecular weight excluding hydrogens is 222 g/mol. The van der Waals surface area contributed by atoms with Gasteiger partial charge in [0, 0.05) is 39.6 Å². The second-order valence-corrected chi connectivity index (χ2v) is 4.53. The van der Waals surface area contributed by atoms with E-state index in [1.165, 1.54) is 0 Å². The van der Waals surface area contributed by atoms with Gasteiger partial charge in [0.1, 0.15) is 0 Å². The Morgan fingerprint density at radius 1 is 1.29 bits per heavy atom. The predicted molar refractivity (Wildman–Crippen MR) is 62.7 cm³/mol. The molecule has 0 aliphatic carbocycles. The summed E-state index contributed by atoms with van der Waals surface area (Å²) >= 11 is 0. The molecule has 0 unspecified atom stereocenters. The maximum absolute atomic E-state index is 11.7. The van der Waals surface area contributed by atoms with Crippen molar-refractivity contribution in [2.24, 2.45) is 5.92 Å². The van der Waals surface area contributed by atoms with Crippen molar-refractivity contribution < 1.29 is 19.4 Å². The second kappa shape index (κ2) is 7.27. The third-order valence-electron chi connectivity index (χ3n) is 3.15. The molecule has 0 spiro atoms. The fourth-order valence-electron chi connectivity index (χ4n) is 2.13. The first-order valence-corrected chi connectivity index (χ1v) is 6.12. The molecular formula is C12H21NO4. The van der Waals surface area contributed by atoms with E-state index in [2.05, 4.69) is 0 Å². The molecule has 5 heteroatoms. The Labute approximate surface area is 102 Å². The number of methoxy groups -OCH3 is 1. The van der Waals surface area contributed by atoms with Crippen LogP contribution in [0.1, 0.15) is 32.1 Å². The molecule has 1 saturated heterocycles. The van der Waals surface area contributed by atoms with E-state index in [1.807, 2.05) is 4.90 Å². The summed E-state index contributed by atoms with van der Waals surface area (Å²) in [5.74, 6) is -0.193. The monoisotopic (exact) mass is 243 g/mol. The number of carboxylic acid groups (broad SMARTS) is 1. The SMILES string of the molecule is COCC1CCN(C(=O)CCCC(=O)O)CC1. The smallest absolute Gasteiger partial charge is 0.303 e. The Hall–Kier alpha value is -1.10. The summed E-state index contributed by atoms with van der Waals surface area (Å²) in [5.41, 5.74) is 0. The van der Waals surface area contributed by atoms with E-state index in [0.29, 0.717) is 18.8 Å². The van der Waals surface area contributed by atoms with Crippen LogP contribution in [0.3, 0.4) is 0 Å². The molecule has 1 aliphatic heterocycles. The zero-order valence-corrected chi connectivity index (χ0v) is 10.4. The average molecular weight is 243 g/mol. The van der Waals surface area contributed by atoms with Crippen LogP contribution in [0.2, 0.25) is 0 Å². The molecule has 1 N–H and O–H groups in total. The minimum Gasteiger partial charge on any atom is -0.481 e. The molecule has 98 valence electrons. The fraction of sp³-hybridized carbons (Fsp3) is 0.833. The lowest BCUT2D eigenvalue weighted by atomic mass is 9.97. The molecule has 1 fully saturated rings. The number of rotatable bonds is 6. The first kappa shape index (κ1) is 14.0. The Morgan fingerprint density at radius 3 is 2.47 bits per heavy atom. The number of hydrogen-bond acceptors (Lipinski definition) is 3. The van der Waals surface area contributed by atoms with E-state index in [1.54, 1.807) is 7.11 Å². The van der Waals surface area contributed by atoms with Gasteiger partial charge in [0.2, 0.25) is 5.91 Å². The third kappa shape index (κ3) is 5.17. The molecule has 1 aliphatic rings. The van der Waals surface area contributed by atoms with Crippen molar-refractivity contribution in [1.29, 1.82) is 0 Å². The molecule has 5 nitrogen and oxygen atoms in total. The van der Waals surface area contributed by atoms with Crippen LogP contribution in [0.4, 0.5) is 0 Å². The van der Waals surface area contributed by atoms with Crippen molar-refractivity contribution in [1.82, 2.24) is 4.90 Å². The van der Waals surface area contributed by atoms with E-state index in [0.717, 1.165) is 32.5 Å². The molecule has 0 aromatic heterocycles. The van der Waals surface area contributed by atoms with Gasteiger partial charge in [-0.1, -0.05) is 0 Å². The number of likely N-dealkylation sites (tertiary alicyclic amines) is 1. The topological polar surface area (TPSA) is 66.8 Å². The van der Waals surface area contributed by atoms with Gasteiger partial charge >= 0.3 is 5.97 Å². The highest BCUT2D eigenvalue weighted by Crippen LogP contribution is 2.18. The van der Waals surface area contributed by atoms with Crippen molar-refractivity contribution in [3.63, 3.8) is 0 Å². The van der Waals surface area contributed by atoms with Crippen LogP contribution in [0.15, 0.2) is 0 Å². The van der Waals surface area contributed by atoms with Crippen LogP contribution in [-0.4, -0.2) is 48.7 Å². The molecule has 0 atom stereocenters. The number of carbonyl (C=O) groups excluding carboxylic acids is 1. The van der Waals surface area contributed by atoms with Gasteiger partial charge in [-0.25, -0.2) is 0 Å². The van der Waals surface area contributed by atoms with Gasteiger partial charge in [-0.3, -0.25) is 9.59 Å². The lowest BCUT2D eigenvalue weighted by Crippen LogP contribution is -2.39. The normalized spacial score (nSPS) is 17.1. The summed E-state index contributed by atoms with van der Waals surface area (Å²) in [5, 5.41) is 8.49. The van der Waals surface area contributed by atoms with Crippen molar-refractivity contribution >= 4 is 11.9 Å². The second-order valence-electron chi connectivity index (χ2n) is 4.53. The Bertz CT molecular complexity index is 259. The Kier molecular flexibility index (Phi) is 5.97. The molecule has 1 rings (SSSR count). The maximum Gasteiger partial charge on any atom is 0.303 e. The van der Waals surface area contributed by atoms with E-state index in [9.17, 15) is 9.59 Å². The van der Waals surface area contributed by atoms with Gasteiger partial charge < -0.3 is 14.7 Å². The highest BCUT2D eigenvalue weighted by atomic mass is 16.5. The highest BCUT2D eigenvalue weighted by molar-refractivity contribution is 5.77. The summed E-state index contributed by atoms with van der Waals surface area (Å²) < 4.78 is 5.10. The number of aliphatic carboxylic acids is 1. The first-order valence-electron chi connectivity index (χ1n) is 6.12. The molecule has 1 amide bonds. The molecule has 0 aromatic rings. The van der Waals surface area contributed by atoms with E-state index >= 15 is 0 Å². The van der Waals surface area contributed by atoms with E-state index in [4.69, 9.17) is 9.84 Å². The number of ether oxygens (including phenoxy) is 1. The Balaban J connectivity index is 2.19. The molecule has 17 heavy (non-hydrogen) atoms. The number of carbonyl (C=O) groups is 2. The summed E-state index contributed by atoms with van der Waals surface area (Å²) in [6, 6.07) is 0. The van der Waals surface area contributed by atoms with Crippen molar-refractivity contribution in [3.8, 4) is 0 Å². The summed E-state index contributed by atoms with van der Waals surface area (Å²) in [6.45, 7) is 2.32. The molecule has 0 saturated carbocycles. The number of carboxylic acids is 1. The Morgan fingerprint density at radius 2 is 1.94 bits per heavy atom. The van der Waals surface area contributed by atoms with Crippen LogP contribution < -0.4 is 0 Å². The fourth-order valence-corrected chi connectivity index (χ4v) is 2.13. The summed E-state index contributed by atoms with van der Waals surface area (Å²) in [4.78, 5) is 23.9. The van der Waals surface area contributed by atoms with Gasteiger partial charge in [-0.05, 0) is 25.2 Å². The van der Waals surface area contributed by atoms with Gasteiger partial charge in [0.15, 0.2) is 0 Å². The van der Waals surface area contributed by atoms with Crippen molar-refractivity contribution in [2.45, 2.75) is 32.1 Å². The number of nitrogens with zero attached hydrogens (tertiary/aromatic N) is 1. The lowest BCUT2D eigenvalue weighted by Gasteiger charge is -2.31.